The van der Waals surface area contributed by atoms with E-state index in [4.69, 9.17) is 9.47 Å². The van der Waals surface area contributed by atoms with Crippen molar-refractivity contribution < 1.29 is 9.47 Å². The minimum absolute atomic E-state index is 0.137. The predicted octanol–water partition coefficient (Wildman–Crippen LogP) is 3.51. The molecule has 4 nitrogen and oxygen atoms in total. The Hall–Kier alpha value is -2.07. The average Bonchev–Trinajstić information content (AvgIpc) is 2.54. The Morgan fingerprint density at radius 1 is 0.952 bits per heavy atom. The zero-order valence-corrected chi connectivity index (χ0v) is 13.0. The molecule has 2 rings (SSSR count). The highest BCUT2D eigenvalue weighted by molar-refractivity contribution is 5.42. The number of hydrogen-bond donors (Lipinski definition) is 1. The Labute approximate surface area is 126 Å². The van der Waals surface area contributed by atoms with E-state index in [0.29, 0.717) is 0 Å². The first-order valence-corrected chi connectivity index (χ1v) is 7.03. The molecular formula is C17H22N2O2. The summed E-state index contributed by atoms with van der Waals surface area (Å²) in [5.74, 6) is 1.69. The van der Waals surface area contributed by atoms with Gasteiger partial charge in [-0.05, 0) is 49.7 Å². The van der Waals surface area contributed by atoms with Gasteiger partial charge in [-0.3, -0.25) is 4.98 Å². The number of nitrogens with zero attached hydrogens (tertiary/aromatic N) is 1. The lowest BCUT2D eigenvalue weighted by Gasteiger charge is -2.22. The molecule has 4 heteroatoms. The molecule has 0 radical (unpaired) electrons. The maximum Gasteiger partial charge on any atom is 0.123 e. The van der Waals surface area contributed by atoms with Gasteiger partial charge in [-0.25, -0.2) is 0 Å². The molecule has 0 aliphatic carbocycles. The lowest BCUT2D eigenvalue weighted by Crippen LogP contribution is -2.23. The monoisotopic (exact) mass is 286 g/mol. The Balaban J connectivity index is 2.18. The van der Waals surface area contributed by atoms with Gasteiger partial charge in [-0.1, -0.05) is 0 Å². The first-order valence-electron chi connectivity index (χ1n) is 7.03. The summed E-state index contributed by atoms with van der Waals surface area (Å²) in [6, 6.07) is 10.2. The number of ether oxygens (including phenoxy) is 2. The van der Waals surface area contributed by atoms with Crippen LogP contribution in [0, 0.1) is 0 Å². The first-order chi connectivity index (χ1) is 10.2. The van der Waals surface area contributed by atoms with Crippen molar-refractivity contribution in [3.05, 3.63) is 53.9 Å². The van der Waals surface area contributed by atoms with Crippen LogP contribution in [-0.4, -0.2) is 19.2 Å². The molecule has 1 N–H and O–H groups in total. The maximum atomic E-state index is 5.45. The summed E-state index contributed by atoms with van der Waals surface area (Å²) < 4.78 is 10.8. The molecule has 1 aromatic heterocycles. The number of pyridine rings is 1. The van der Waals surface area contributed by atoms with Crippen molar-refractivity contribution in [1.82, 2.24) is 10.3 Å². The van der Waals surface area contributed by atoms with Crippen LogP contribution < -0.4 is 14.8 Å². The molecule has 2 atom stereocenters. The number of benzene rings is 1. The minimum atomic E-state index is 0.137. The summed E-state index contributed by atoms with van der Waals surface area (Å²) in [6.45, 7) is 4.26. The van der Waals surface area contributed by atoms with Crippen LogP contribution in [-0.2, 0) is 0 Å². The highest BCUT2D eigenvalue weighted by Gasteiger charge is 2.15. The molecule has 0 aliphatic heterocycles. The second kappa shape index (κ2) is 7.09. The summed E-state index contributed by atoms with van der Waals surface area (Å²) >= 11 is 0. The van der Waals surface area contributed by atoms with Crippen molar-refractivity contribution in [1.29, 1.82) is 0 Å². The van der Waals surface area contributed by atoms with Crippen LogP contribution in [0.5, 0.6) is 11.5 Å². The van der Waals surface area contributed by atoms with E-state index in [0.717, 1.165) is 17.1 Å². The molecule has 0 aliphatic rings. The van der Waals surface area contributed by atoms with Crippen molar-refractivity contribution in [2.24, 2.45) is 0 Å². The fourth-order valence-electron chi connectivity index (χ4n) is 2.39. The molecule has 0 amide bonds. The fourth-order valence-corrected chi connectivity index (χ4v) is 2.39. The molecule has 1 heterocycles. The van der Waals surface area contributed by atoms with Gasteiger partial charge >= 0.3 is 0 Å². The zero-order chi connectivity index (χ0) is 15.2. The highest BCUT2D eigenvalue weighted by atomic mass is 16.5. The number of aromatic nitrogens is 1. The maximum absolute atomic E-state index is 5.45. The van der Waals surface area contributed by atoms with Gasteiger partial charge in [0.05, 0.1) is 14.2 Å². The largest absolute Gasteiger partial charge is 0.497 e. The Morgan fingerprint density at radius 3 is 2.29 bits per heavy atom. The molecule has 0 bridgehead atoms. The highest BCUT2D eigenvalue weighted by Crippen LogP contribution is 2.30. The van der Waals surface area contributed by atoms with Gasteiger partial charge in [0, 0.05) is 30.0 Å². The topological polar surface area (TPSA) is 43.4 Å². The van der Waals surface area contributed by atoms with Crippen LogP contribution in [0.15, 0.2) is 42.7 Å². The second-order valence-electron chi connectivity index (χ2n) is 5.00. The van der Waals surface area contributed by atoms with Crippen LogP contribution in [0.4, 0.5) is 0 Å². The van der Waals surface area contributed by atoms with Gasteiger partial charge in [0.15, 0.2) is 0 Å². The Kier molecular flexibility index (Phi) is 5.17. The normalized spacial score (nSPS) is 13.5. The summed E-state index contributed by atoms with van der Waals surface area (Å²) in [4.78, 5) is 4.05. The van der Waals surface area contributed by atoms with Gasteiger partial charge in [0.1, 0.15) is 11.5 Å². The fraction of sp³-hybridized carbons (Fsp3) is 0.353. The molecule has 1 aromatic carbocycles. The summed E-state index contributed by atoms with van der Waals surface area (Å²) in [7, 11) is 3.35. The average molecular weight is 286 g/mol. The lowest BCUT2D eigenvalue weighted by atomic mass is 10.0. The van der Waals surface area contributed by atoms with Crippen molar-refractivity contribution in [2.45, 2.75) is 25.9 Å². The van der Waals surface area contributed by atoms with Crippen molar-refractivity contribution in [2.75, 3.05) is 14.2 Å². The minimum Gasteiger partial charge on any atom is -0.497 e. The van der Waals surface area contributed by atoms with E-state index in [1.807, 2.05) is 42.7 Å². The smallest absolute Gasteiger partial charge is 0.123 e. The van der Waals surface area contributed by atoms with E-state index in [1.54, 1.807) is 14.2 Å². The first kappa shape index (κ1) is 15.3. The van der Waals surface area contributed by atoms with Gasteiger partial charge in [-0.15, -0.1) is 0 Å². The second-order valence-corrected chi connectivity index (χ2v) is 5.00. The van der Waals surface area contributed by atoms with Gasteiger partial charge in [0.2, 0.25) is 0 Å². The van der Waals surface area contributed by atoms with E-state index in [1.165, 1.54) is 5.56 Å². The van der Waals surface area contributed by atoms with Gasteiger partial charge in [-0.2, -0.15) is 0 Å². The van der Waals surface area contributed by atoms with E-state index in [2.05, 4.69) is 24.1 Å². The summed E-state index contributed by atoms with van der Waals surface area (Å²) in [6.07, 6.45) is 3.62. The molecule has 112 valence electrons. The zero-order valence-electron chi connectivity index (χ0n) is 13.0. The van der Waals surface area contributed by atoms with E-state index < -0.39 is 0 Å². The molecule has 2 aromatic rings. The molecule has 21 heavy (non-hydrogen) atoms. The van der Waals surface area contributed by atoms with E-state index in [9.17, 15) is 0 Å². The van der Waals surface area contributed by atoms with Gasteiger partial charge in [0.25, 0.3) is 0 Å². The summed E-state index contributed by atoms with van der Waals surface area (Å²) in [5, 5.41) is 3.58. The molecule has 0 saturated carbocycles. The van der Waals surface area contributed by atoms with Crippen molar-refractivity contribution in [3.63, 3.8) is 0 Å². The Morgan fingerprint density at radius 2 is 1.67 bits per heavy atom. The third kappa shape index (κ3) is 3.73. The van der Waals surface area contributed by atoms with Gasteiger partial charge < -0.3 is 14.8 Å². The third-order valence-electron chi connectivity index (χ3n) is 3.61. The van der Waals surface area contributed by atoms with Crippen LogP contribution in [0.3, 0.4) is 0 Å². The summed E-state index contributed by atoms with van der Waals surface area (Å²) in [5.41, 5.74) is 2.29. The molecule has 0 spiro atoms. The molecular weight excluding hydrogens is 264 g/mol. The third-order valence-corrected chi connectivity index (χ3v) is 3.61. The quantitative estimate of drug-likeness (QED) is 0.882. The van der Waals surface area contributed by atoms with E-state index >= 15 is 0 Å². The van der Waals surface area contributed by atoms with Crippen LogP contribution >= 0.6 is 0 Å². The number of hydrogen-bond acceptors (Lipinski definition) is 4. The molecule has 1 unspecified atom stereocenters. The number of rotatable bonds is 6. The van der Waals surface area contributed by atoms with Crippen molar-refractivity contribution >= 4 is 0 Å². The lowest BCUT2D eigenvalue weighted by molar-refractivity contribution is 0.387. The number of methoxy groups -OCH3 is 2. The SMILES string of the molecule is COc1ccc(OC)c(C(C)N[C@@H](C)c2ccncc2)c1. The van der Waals surface area contributed by atoms with Crippen LogP contribution in [0.25, 0.3) is 0 Å². The van der Waals surface area contributed by atoms with E-state index in [-0.39, 0.29) is 12.1 Å². The Bertz CT molecular complexity index is 572. The van der Waals surface area contributed by atoms with Crippen LogP contribution in [0.1, 0.15) is 37.1 Å². The van der Waals surface area contributed by atoms with Crippen LogP contribution in [0.2, 0.25) is 0 Å². The number of nitrogens with one attached hydrogen (secondary N) is 1. The standard InChI is InChI=1S/C17H22N2O2/c1-12(14-7-9-18-10-8-14)19-13(2)16-11-15(20-3)5-6-17(16)21-4/h5-13,19H,1-4H3/t12-,13?/m0/s1. The van der Waals surface area contributed by atoms with Crippen molar-refractivity contribution in [3.8, 4) is 11.5 Å². The molecule has 0 saturated heterocycles. The predicted molar refractivity (Wildman–Crippen MR) is 83.7 cm³/mol. The molecule has 0 fully saturated rings.